The van der Waals surface area contributed by atoms with Crippen LogP contribution in [0, 0.1) is 18.3 Å². The van der Waals surface area contributed by atoms with Crippen LogP contribution in [0.25, 0.3) is 0 Å². The highest BCUT2D eigenvalue weighted by Crippen LogP contribution is 2.19. The number of likely N-dealkylation sites (N-methyl/N-ethyl adjacent to an activating group) is 1. The fraction of sp³-hybridized carbons (Fsp3) is 0.263. The van der Waals surface area contributed by atoms with E-state index >= 15 is 0 Å². The van der Waals surface area contributed by atoms with E-state index in [0.29, 0.717) is 5.69 Å². The van der Waals surface area contributed by atoms with Gasteiger partial charge in [-0.3, -0.25) is 9.59 Å². The first-order chi connectivity index (χ1) is 12.9. The minimum Gasteiger partial charge on any atom is -0.459 e. The Morgan fingerprint density at radius 2 is 2.07 bits per heavy atom. The lowest BCUT2D eigenvalue weighted by atomic mass is 10.1. The predicted molar refractivity (Wildman–Crippen MR) is 96.0 cm³/mol. The maximum absolute atomic E-state index is 12.2. The van der Waals surface area contributed by atoms with Crippen molar-refractivity contribution in [1.29, 1.82) is 5.26 Å². The first kappa shape index (κ1) is 19.7. The highest BCUT2D eigenvalue weighted by Gasteiger charge is 2.16. The number of anilines is 1. The van der Waals surface area contributed by atoms with Crippen LogP contribution in [-0.2, 0) is 9.53 Å². The van der Waals surface area contributed by atoms with Crippen molar-refractivity contribution in [3.05, 3.63) is 53.5 Å². The van der Waals surface area contributed by atoms with Crippen LogP contribution in [0.15, 0.2) is 41.0 Å². The number of nitrogens with zero attached hydrogens (tertiary/aromatic N) is 2. The summed E-state index contributed by atoms with van der Waals surface area (Å²) >= 11 is 0. The molecule has 0 spiro atoms. The summed E-state index contributed by atoms with van der Waals surface area (Å²) in [4.78, 5) is 37.5. The van der Waals surface area contributed by atoms with Crippen molar-refractivity contribution >= 4 is 23.5 Å². The summed E-state index contributed by atoms with van der Waals surface area (Å²) in [7, 11) is 1.53. The van der Waals surface area contributed by atoms with Gasteiger partial charge in [0.15, 0.2) is 12.4 Å². The van der Waals surface area contributed by atoms with Crippen molar-refractivity contribution in [2.45, 2.75) is 13.3 Å². The fourth-order valence-corrected chi connectivity index (χ4v) is 2.14. The second-order valence-electron chi connectivity index (χ2n) is 5.76. The van der Waals surface area contributed by atoms with E-state index < -0.39 is 24.4 Å². The molecule has 1 aromatic carbocycles. The number of esters is 1. The van der Waals surface area contributed by atoms with Crippen LogP contribution in [-0.4, -0.2) is 42.9 Å². The van der Waals surface area contributed by atoms with E-state index in [9.17, 15) is 14.4 Å². The van der Waals surface area contributed by atoms with Gasteiger partial charge < -0.3 is 19.4 Å². The van der Waals surface area contributed by atoms with Gasteiger partial charge in [-0.05, 0) is 36.8 Å². The number of carbonyl (C=O) groups excluding carboxylic acids is 3. The van der Waals surface area contributed by atoms with E-state index in [1.165, 1.54) is 30.3 Å². The molecule has 1 N–H and O–H groups in total. The second-order valence-corrected chi connectivity index (χ2v) is 5.76. The van der Waals surface area contributed by atoms with E-state index in [1.807, 2.05) is 6.07 Å². The number of rotatable bonds is 7. The Morgan fingerprint density at radius 1 is 1.30 bits per heavy atom. The Morgan fingerprint density at radius 3 is 2.74 bits per heavy atom. The van der Waals surface area contributed by atoms with Crippen LogP contribution < -0.4 is 5.32 Å². The topological polar surface area (TPSA) is 113 Å². The summed E-state index contributed by atoms with van der Waals surface area (Å²) < 4.78 is 10.1. The normalized spacial score (nSPS) is 9.96. The summed E-state index contributed by atoms with van der Waals surface area (Å²) in [5.41, 5.74) is 1.38. The predicted octanol–water partition coefficient (Wildman–Crippen LogP) is 2.37. The number of carbonyl (C=O) groups is 3. The quantitative estimate of drug-likeness (QED) is 0.750. The zero-order valence-electron chi connectivity index (χ0n) is 15.0. The van der Waals surface area contributed by atoms with Gasteiger partial charge in [0.25, 0.3) is 11.8 Å². The molecule has 0 aliphatic rings. The fourth-order valence-electron chi connectivity index (χ4n) is 2.14. The van der Waals surface area contributed by atoms with Crippen molar-refractivity contribution in [2.24, 2.45) is 0 Å². The average Bonchev–Trinajstić information content (AvgIpc) is 3.20. The average molecular weight is 369 g/mol. The lowest BCUT2D eigenvalue weighted by molar-refractivity contribution is -0.133. The molecular weight excluding hydrogens is 350 g/mol. The molecule has 1 heterocycles. The summed E-state index contributed by atoms with van der Waals surface area (Å²) in [6.07, 6.45) is 1.59. The number of nitriles is 1. The third kappa shape index (κ3) is 5.44. The number of nitrogens with one attached hydrogen (secondary N) is 1. The maximum atomic E-state index is 12.2. The monoisotopic (exact) mass is 369 g/mol. The van der Waals surface area contributed by atoms with Crippen molar-refractivity contribution in [3.63, 3.8) is 0 Å². The van der Waals surface area contributed by atoms with Gasteiger partial charge in [-0.15, -0.1) is 0 Å². The summed E-state index contributed by atoms with van der Waals surface area (Å²) in [5.74, 6) is -1.39. The zero-order chi connectivity index (χ0) is 19.8. The number of amides is 2. The summed E-state index contributed by atoms with van der Waals surface area (Å²) in [6, 6.07) is 9.74. The zero-order valence-corrected chi connectivity index (χ0v) is 15.0. The summed E-state index contributed by atoms with van der Waals surface area (Å²) in [6.45, 7) is 1.61. The van der Waals surface area contributed by atoms with Gasteiger partial charge in [0.1, 0.15) is 0 Å². The number of aryl methyl sites for hydroxylation is 1. The van der Waals surface area contributed by atoms with E-state index in [4.69, 9.17) is 14.4 Å². The standard InChI is InChI=1S/C19H19N3O5/c1-13-6-7-14(11-15(13)21-18(24)16-5-3-10-26-16)19(25)27-12-17(23)22(2)9-4-8-20/h3,5-7,10-11H,4,9,12H2,1-2H3,(H,21,24). The van der Waals surface area contributed by atoms with Crippen LogP contribution >= 0.6 is 0 Å². The van der Waals surface area contributed by atoms with E-state index in [-0.39, 0.29) is 24.3 Å². The molecule has 2 amide bonds. The van der Waals surface area contributed by atoms with Gasteiger partial charge >= 0.3 is 5.97 Å². The first-order valence-electron chi connectivity index (χ1n) is 8.16. The molecule has 0 saturated carbocycles. The van der Waals surface area contributed by atoms with Crippen molar-refractivity contribution in [2.75, 3.05) is 25.5 Å². The molecule has 0 aliphatic heterocycles. The number of benzene rings is 1. The Bertz CT molecular complexity index is 868. The van der Waals surface area contributed by atoms with Gasteiger partial charge in [0.05, 0.1) is 24.3 Å². The minimum atomic E-state index is -0.689. The Labute approximate surface area is 156 Å². The van der Waals surface area contributed by atoms with Crippen molar-refractivity contribution < 1.29 is 23.5 Å². The van der Waals surface area contributed by atoms with E-state index in [0.717, 1.165) is 5.56 Å². The van der Waals surface area contributed by atoms with Crippen LogP contribution in [0.3, 0.4) is 0 Å². The first-order valence-corrected chi connectivity index (χ1v) is 8.16. The molecule has 0 fully saturated rings. The number of ether oxygens (including phenoxy) is 1. The molecular formula is C19H19N3O5. The number of furan rings is 1. The molecule has 0 saturated heterocycles. The van der Waals surface area contributed by atoms with Gasteiger partial charge in [-0.2, -0.15) is 5.26 Å². The molecule has 0 aliphatic carbocycles. The molecule has 1 aromatic heterocycles. The molecule has 2 rings (SSSR count). The van der Waals surface area contributed by atoms with Gasteiger partial charge in [0, 0.05) is 19.3 Å². The molecule has 0 atom stereocenters. The van der Waals surface area contributed by atoms with Crippen LogP contribution in [0.4, 0.5) is 5.69 Å². The lowest BCUT2D eigenvalue weighted by Crippen LogP contribution is -2.31. The highest BCUT2D eigenvalue weighted by molar-refractivity contribution is 6.03. The SMILES string of the molecule is Cc1ccc(C(=O)OCC(=O)N(C)CCC#N)cc1NC(=O)c1ccco1. The third-order valence-corrected chi connectivity index (χ3v) is 3.78. The minimum absolute atomic E-state index is 0.147. The molecule has 140 valence electrons. The third-order valence-electron chi connectivity index (χ3n) is 3.78. The number of hydrogen-bond donors (Lipinski definition) is 1. The molecule has 2 aromatic rings. The van der Waals surface area contributed by atoms with Crippen molar-refractivity contribution in [1.82, 2.24) is 4.90 Å². The van der Waals surface area contributed by atoms with Crippen LogP contribution in [0.1, 0.15) is 32.9 Å². The van der Waals surface area contributed by atoms with Crippen LogP contribution in [0.2, 0.25) is 0 Å². The smallest absolute Gasteiger partial charge is 0.338 e. The largest absolute Gasteiger partial charge is 0.459 e. The maximum Gasteiger partial charge on any atom is 0.338 e. The Kier molecular flexibility index (Phi) is 6.72. The molecule has 0 radical (unpaired) electrons. The van der Waals surface area contributed by atoms with Gasteiger partial charge in [-0.25, -0.2) is 4.79 Å². The second kappa shape index (κ2) is 9.20. The van der Waals surface area contributed by atoms with Gasteiger partial charge in [-0.1, -0.05) is 6.07 Å². The van der Waals surface area contributed by atoms with E-state index in [2.05, 4.69) is 5.32 Å². The molecule has 8 nitrogen and oxygen atoms in total. The Balaban J connectivity index is 2.00. The number of hydrogen-bond acceptors (Lipinski definition) is 6. The summed E-state index contributed by atoms with van der Waals surface area (Å²) in [5, 5.41) is 11.2. The Hall–Kier alpha value is -3.60. The highest BCUT2D eigenvalue weighted by atomic mass is 16.5. The molecule has 27 heavy (non-hydrogen) atoms. The van der Waals surface area contributed by atoms with Crippen LogP contribution in [0.5, 0.6) is 0 Å². The van der Waals surface area contributed by atoms with Crippen molar-refractivity contribution in [3.8, 4) is 6.07 Å². The van der Waals surface area contributed by atoms with Gasteiger partial charge in [0.2, 0.25) is 0 Å². The van der Waals surface area contributed by atoms with E-state index in [1.54, 1.807) is 25.1 Å². The molecule has 8 heteroatoms. The lowest BCUT2D eigenvalue weighted by Gasteiger charge is -2.15. The molecule has 0 bridgehead atoms. The molecule has 0 unspecified atom stereocenters.